The molecule has 98 valence electrons. The summed E-state index contributed by atoms with van der Waals surface area (Å²) in [5.41, 5.74) is 1.19. The molecular weight excluding hydrogens is 257 g/mol. The van der Waals surface area contributed by atoms with Gasteiger partial charge in [-0.2, -0.15) is 0 Å². The third kappa shape index (κ3) is 4.34. The number of hydrogen-bond acceptors (Lipinski definition) is 3. The Labute approximate surface area is 116 Å². The molecule has 0 amide bonds. The molecule has 0 unspecified atom stereocenters. The largest absolute Gasteiger partial charge is 0.354 e. The minimum Gasteiger partial charge on any atom is -0.354 e. The van der Waals surface area contributed by atoms with Crippen molar-refractivity contribution in [2.24, 2.45) is 0 Å². The van der Waals surface area contributed by atoms with Crippen LogP contribution in [0, 0.1) is 0 Å². The van der Waals surface area contributed by atoms with Crippen LogP contribution in [0.2, 0.25) is 0 Å². The first kappa shape index (κ1) is 16.5. The lowest BCUT2D eigenvalue weighted by molar-refractivity contribution is 0.583. The van der Waals surface area contributed by atoms with Crippen LogP contribution in [0.25, 0.3) is 0 Å². The predicted octanol–water partition coefficient (Wildman–Crippen LogP) is 2.46. The van der Waals surface area contributed by atoms with E-state index in [-0.39, 0.29) is 24.8 Å². The second kappa shape index (κ2) is 7.75. The summed E-state index contributed by atoms with van der Waals surface area (Å²) in [5.74, 6) is 1.63. The molecule has 0 aliphatic carbocycles. The van der Waals surface area contributed by atoms with E-state index in [1.807, 2.05) is 0 Å². The van der Waals surface area contributed by atoms with Gasteiger partial charge in [-0.25, -0.2) is 4.98 Å². The molecule has 5 heteroatoms. The highest BCUT2D eigenvalue weighted by Gasteiger charge is 2.12. The fourth-order valence-electron chi connectivity index (χ4n) is 1.83. The number of aromatic nitrogens is 1. The number of piperazine rings is 1. The molecule has 0 atom stereocenters. The fraction of sp³-hybridized carbons (Fsp3) is 0.583. The maximum atomic E-state index is 4.69. The quantitative estimate of drug-likeness (QED) is 0.900. The fourth-order valence-corrected chi connectivity index (χ4v) is 1.83. The maximum absolute atomic E-state index is 4.69. The SMILES string of the molecule is CC(C)c1cccc(N2CCNCC2)n1.Cl.Cl. The van der Waals surface area contributed by atoms with Crippen molar-refractivity contribution in [3.8, 4) is 0 Å². The number of anilines is 1. The summed E-state index contributed by atoms with van der Waals surface area (Å²) in [6, 6.07) is 6.33. The van der Waals surface area contributed by atoms with Crippen molar-refractivity contribution in [3.05, 3.63) is 23.9 Å². The Morgan fingerprint density at radius 1 is 1.18 bits per heavy atom. The Morgan fingerprint density at radius 2 is 1.82 bits per heavy atom. The molecule has 0 radical (unpaired) electrons. The van der Waals surface area contributed by atoms with Crippen molar-refractivity contribution in [2.75, 3.05) is 31.1 Å². The lowest BCUT2D eigenvalue weighted by Gasteiger charge is -2.28. The first-order valence-corrected chi connectivity index (χ1v) is 5.70. The topological polar surface area (TPSA) is 28.2 Å². The van der Waals surface area contributed by atoms with Crippen LogP contribution in [0.1, 0.15) is 25.5 Å². The molecular formula is C12H21Cl2N3. The Kier molecular flexibility index (Phi) is 7.51. The zero-order valence-electron chi connectivity index (χ0n) is 10.3. The summed E-state index contributed by atoms with van der Waals surface area (Å²) >= 11 is 0. The first-order valence-electron chi connectivity index (χ1n) is 5.70. The van der Waals surface area contributed by atoms with Gasteiger partial charge >= 0.3 is 0 Å². The van der Waals surface area contributed by atoms with E-state index < -0.39 is 0 Å². The van der Waals surface area contributed by atoms with E-state index in [0.717, 1.165) is 32.0 Å². The standard InChI is InChI=1S/C12H19N3.2ClH/c1-10(2)11-4-3-5-12(14-11)15-8-6-13-7-9-15;;/h3-5,10,13H,6-9H2,1-2H3;2*1H. The van der Waals surface area contributed by atoms with Crippen LogP contribution in [-0.4, -0.2) is 31.2 Å². The average Bonchev–Trinajstić information content (AvgIpc) is 2.30. The van der Waals surface area contributed by atoms with Gasteiger partial charge in [0.15, 0.2) is 0 Å². The van der Waals surface area contributed by atoms with Crippen molar-refractivity contribution >= 4 is 30.6 Å². The highest BCUT2D eigenvalue weighted by Crippen LogP contribution is 2.17. The summed E-state index contributed by atoms with van der Waals surface area (Å²) in [4.78, 5) is 7.04. The molecule has 1 aliphatic heterocycles. The lowest BCUT2D eigenvalue weighted by Crippen LogP contribution is -2.43. The summed E-state index contributed by atoms with van der Waals surface area (Å²) < 4.78 is 0. The van der Waals surface area contributed by atoms with Gasteiger partial charge in [0, 0.05) is 31.9 Å². The maximum Gasteiger partial charge on any atom is 0.128 e. The summed E-state index contributed by atoms with van der Waals surface area (Å²) in [7, 11) is 0. The second-order valence-electron chi connectivity index (χ2n) is 4.31. The zero-order valence-corrected chi connectivity index (χ0v) is 12.0. The van der Waals surface area contributed by atoms with Crippen LogP contribution in [0.4, 0.5) is 5.82 Å². The van der Waals surface area contributed by atoms with Crippen LogP contribution in [0.15, 0.2) is 18.2 Å². The number of hydrogen-bond donors (Lipinski definition) is 1. The van der Waals surface area contributed by atoms with Crippen molar-refractivity contribution in [3.63, 3.8) is 0 Å². The minimum absolute atomic E-state index is 0. The van der Waals surface area contributed by atoms with Gasteiger partial charge in [0.2, 0.25) is 0 Å². The molecule has 0 aromatic carbocycles. The van der Waals surface area contributed by atoms with Crippen LogP contribution in [0.3, 0.4) is 0 Å². The lowest BCUT2D eigenvalue weighted by atomic mass is 10.1. The van der Waals surface area contributed by atoms with Gasteiger partial charge in [0.25, 0.3) is 0 Å². The molecule has 1 fully saturated rings. The number of rotatable bonds is 2. The van der Waals surface area contributed by atoms with Crippen LogP contribution >= 0.6 is 24.8 Å². The Morgan fingerprint density at radius 3 is 2.41 bits per heavy atom. The van der Waals surface area contributed by atoms with E-state index in [4.69, 9.17) is 4.98 Å². The van der Waals surface area contributed by atoms with E-state index in [1.165, 1.54) is 5.69 Å². The van der Waals surface area contributed by atoms with Crippen molar-refractivity contribution in [1.29, 1.82) is 0 Å². The van der Waals surface area contributed by atoms with Crippen LogP contribution in [0.5, 0.6) is 0 Å². The molecule has 0 bridgehead atoms. The molecule has 17 heavy (non-hydrogen) atoms. The third-order valence-corrected chi connectivity index (χ3v) is 2.79. The number of nitrogens with one attached hydrogen (secondary N) is 1. The predicted molar refractivity (Wildman–Crippen MR) is 77.9 cm³/mol. The van der Waals surface area contributed by atoms with Crippen molar-refractivity contribution < 1.29 is 0 Å². The number of nitrogens with zero attached hydrogens (tertiary/aromatic N) is 2. The van der Waals surface area contributed by atoms with Gasteiger partial charge in [0.1, 0.15) is 5.82 Å². The van der Waals surface area contributed by atoms with Crippen molar-refractivity contribution in [2.45, 2.75) is 19.8 Å². The van der Waals surface area contributed by atoms with E-state index in [0.29, 0.717) is 5.92 Å². The van der Waals surface area contributed by atoms with Crippen LogP contribution in [-0.2, 0) is 0 Å². The molecule has 1 N–H and O–H groups in total. The van der Waals surface area contributed by atoms with Gasteiger partial charge in [-0.15, -0.1) is 24.8 Å². The van der Waals surface area contributed by atoms with E-state index >= 15 is 0 Å². The molecule has 1 aromatic rings. The monoisotopic (exact) mass is 277 g/mol. The zero-order chi connectivity index (χ0) is 10.7. The molecule has 0 saturated carbocycles. The highest BCUT2D eigenvalue weighted by atomic mass is 35.5. The Hall–Kier alpha value is -0.510. The van der Waals surface area contributed by atoms with E-state index in [9.17, 15) is 0 Å². The van der Waals surface area contributed by atoms with Crippen LogP contribution < -0.4 is 10.2 Å². The summed E-state index contributed by atoms with van der Waals surface area (Å²) in [6.45, 7) is 8.62. The summed E-state index contributed by atoms with van der Waals surface area (Å²) in [6.07, 6.45) is 0. The second-order valence-corrected chi connectivity index (χ2v) is 4.31. The van der Waals surface area contributed by atoms with Gasteiger partial charge in [-0.1, -0.05) is 19.9 Å². The molecule has 1 saturated heterocycles. The third-order valence-electron chi connectivity index (χ3n) is 2.79. The average molecular weight is 278 g/mol. The summed E-state index contributed by atoms with van der Waals surface area (Å²) in [5, 5.41) is 3.35. The smallest absolute Gasteiger partial charge is 0.128 e. The number of halogens is 2. The van der Waals surface area contributed by atoms with Gasteiger partial charge < -0.3 is 10.2 Å². The molecule has 2 rings (SSSR count). The molecule has 3 nitrogen and oxygen atoms in total. The molecule has 0 spiro atoms. The van der Waals surface area contributed by atoms with Crippen molar-refractivity contribution in [1.82, 2.24) is 10.3 Å². The van der Waals surface area contributed by atoms with Gasteiger partial charge in [0.05, 0.1) is 0 Å². The Bertz CT molecular complexity index is 325. The molecule has 1 aromatic heterocycles. The Balaban J connectivity index is 0.00000128. The van der Waals surface area contributed by atoms with E-state index in [1.54, 1.807) is 0 Å². The van der Waals surface area contributed by atoms with Gasteiger partial charge in [-0.05, 0) is 18.1 Å². The minimum atomic E-state index is 0. The van der Waals surface area contributed by atoms with E-state index in [2.05, 4.69) is 42.3 Å². The molecule has 2 heterocycles. The normalized spacial score (nSPS) is 15.1. The van der Waals surface area contributed by atoms with Gasteiger partial charge in [-0.3, -0.25) is 0 Å². The highest BCUT2D eigenvalue weighted by molar-refractivity contribution is 5.85. The molecule has 1 aliphatic rings. The number of pyridine rings is 1. The first-order chi connectivity index (χ1) is 7.27.